The molecule has 0 radical (unpaired) electrons. The summed E-state index contributed by atoms with van der Waals surface area (Å²) in [7, 11) is 0. The molecule has 142 valence electrons. The van der Waals surface area contributed by atoms with E-state index in [0.717, 1.165) is 47.2 Å². The lowest BCUT2D eigenvalue weighted by Crippen LogP contribution is -2.42. The largest absolute Gasteiger partial charge is 0.360 e. The van der Waals surface area contributed by atoms with Crippen molar-refractivity contribution < 1.29 is 0 Å². The summed E-state index contributed by atoms with van der Waals surface area (Å²) in [5.74, 6) is 7.33. The molecule has 4 rings (SSSR count). The number of amidine groups is 1. The summed E-state index contributed by atoms with van der Waals surface area (Å²) in [5.41, 5.74) is 3.08. The van der Waals surface area contributed by atoms with Crippen molar-refractivity contribution in [3.63, 3.8) is 0 Å². The Balaban J connectivity index is 1.51. The Labute approximate surface area is 165 Å². The lowest BCUT2D eigenvalue weighted by molar-refractivity contribution is 0.336. The third-order valence-electron chi connectivity index (χ3n) is 5.27. The van der Waals surface area contributed by atoms with Crippen molar-refractivity contribution in [3.05, 3.63) is 59.1 Å². The number of aliphatic imine (C=N–C) groups is 1. The molecule has 0 saturated carbocycles. The number of nitrogens with zero attached hydrogens (tertiary/aromatic N) is 3. The van der Waals surface area contributed by atoms with E-state index in [-0.39, 0.29) is 6.17 Å². The van der Waals surface area contributed by atoms with Gasteiger partial charge in [-0.15, -0.1) is 0 Å². The monoisotopic (exact) mass is 383 g/mol. The summed E-state index contributed by atoms with van der Waals surface area (Å²) in [6.07, 6.45) is 4.45. The molecule has 1 fully saturated rings. The van der Waals surface area contributed by atoms with Gasteiger partial charge < -0.3 is 10.2 Å². The maximum Gasteiger partial charge on any atom is 0.148 e. The number of nitrogens with two attached hydrogens (primary N) is 1. The molecule has 1 unspecified atom stereocenters. The van der Waals surface area contributed by atoms with Crippen LogP contribution in [0.5, 0.6) is 0 Å². The molecule has 0 bridgehead atoms. The van der Waals surface area contributed by atoms with Gasteiger partial charge in [0.05, 0.1) is 5.69 Å². The van der Waals surface area contributed by atoms with Crippen LogP contribution in [0.25, 0.3) is 0 Å². The zero-order valence-electron chi connectivity index (χ0n) is 15.4. The highest BCUT2D eigenvalue weighted by atomic mass is 35.5. The first kappa shape index (κ1) is 18.3. The van der Waals surface area contributed by atoms with Gasteiger partial charge in [0.1, 0.15) is 12.0 Å². The smallest absolute Gasteiger partial charge is 0.148 e. The van der Waals surface area contributed by atoms with E-state index in [2.05, 4.69) is 22.3 Å². The van der Waals surface area contributed by atoms with Crippen LogP contribution in [0.4, 0.5) is 11.4 Å². The molecular weight excluding hydrogens is 358 g/mol. The topological polar surface area (TPSA) is 56.9 Å². The second-order valence-corrected chi connectivity index (χ2v) is 7.62. The van der Waals surface area contributed by atoms with Gasteiger partial charge in [0.25, 0.3) is 0 Å². The fraction of sp³-hybridized carbons (Fsp3) is 0.381. The van der Waals surface area contributed by atoms with E-state index in [0.29, 0.717) is 0 Å². The van der Waals surface area contributed by atoms with Crippen molar-refractivity contribution in [3.8, 4) is 0 Å². The molecule has 1 saturated heterocycles. The highest BCUT2D eigenvalue weighted by Gasteiger charge is 2.25. The molecule has 5 nitrogen and oxygen atoms in total. The molecule has 0 aromatic heterocycles. The quantitative estimate of drug-likeness (QED) is 0.725. The van der Waals surface area contributed by atoms with E-state index in [1.807, 2.05) is 36.4 Å². The van der Waals surface area contributed by atoms with Gasteiger partial charge >= 0.3 is 0 Å². The normalized spacial score (nSPS) is 19.7. The minimum absolute atomic E-state index is 0.149. The number of halogens is 1. The van der Waals surface area contributed by atoms with E-state index >= 15 is 0 Å². The lowest BCUT2D eigenvalue weighted by atomic mass is 10.1. The lowest BCUT2D eigenvalue weighted by Gasteiger charge is -2.32. The predicted molar refractivity (Wildman–Crippen MR) is 113 cm³/mol. The summed E-state index contributed by atoms with van der Waals surface area (Å²) in [6, 6.07) is 15.9. The number of anilines is 2. The van der Waals surface area contributed by atoms with Crippen LogP contribution >= 0.6 is 11.6 Å². The molecule has 3 N–H and O–H groups in total. The van der Waals surface area contributed by atoms with Crippen LogP contribution in [0.3, 0.4) is 0 Å². The molecular formula is C21H26ClN5. The van der Waals surface area contributed by atoms with E-state index in [9.17, 15) is 0 Å². The summed E-state index contributed by atoms with van der Waals surface area (Å²) < 4.78 is 0. The van der Waals surface area contributed by atoms with Crippen molar-refractivity contribution in [2.24, 2.45) is 10.8 Å². The van der Waals surface area contributed by atoms with Gasteiger partial charge in [0.2, 0.25) is 0 Å². The first-order chi connectivity index (χ1) is 13.2. The molecule has 2 aliphatic rings. The van der Waals surface area contributed by atoms with E-state index in [1.165, 1.54) is 25.9 Å². The maximum absolute atomic E-state index is 6.40. The van der Waals surface area contributed by atoms with E-state index in [1.54, 1.807) is 5.01 Å². The van der Waals surface area contributed by atoms with Gasteiger partial charge in [0.15, 0.2) is 0 Å². The van der Waals surface area contributed by atoms with Crippen molar-refractivity contribution >= 4 is 28.8 Å². The van der Waals surface area contributed by atoms with Crippen molar-refractivity contribution in [2.75, 3.05) is 30.0 Å². The van der Waals surface area contributed by atoms with Crippen molar-refractivity contribution in [1.29, 1.82) is 0 Å². The Morgan fingerprint density at radius 3 is 2.59 bits per heavy atom. The number of rotatable bonds is 6. The Morgan fingerprint density at radius 1 is 1.07 bits per heavy atom. The Morgan fingerprint density at radius 2 is 1.81 bits per heavy atom. The number of benzene rings is 2. The molecule has 6 heteroatoms. The Kier molecular flexibility index (Phi) is 5.62. The summed E-state index contributed by atoms with van der Waals surface area (Å²) in [4.78, 5) is 7.47. The van der Waals surface area contributed by atoms with Gasteiger partial charge in [0, 0.05) is 22.7 Å². The average Bonchev–Trinajstić information content (AvgIpc) is 3.20. The highest BCUT2D eigenvalue weighted by Crippen LogP contribution is 2.33. The zero-order chi connectivity index (χ0) is 18.6. The second kappa shape index (κ2) is 8.30. The van der Waals surface area contributed by atoms with Crippen LogP contribution in [0.1, 0.15) is 37.4 Å². The van der Waals surface area contributed by atoms with Gasteiger partial charge in [-0.1, -0.05) is 29.8 Å². The molecule has 2 aromatic rings. The molecule has 0 amide bonds. The van der Waals surface area contributed by atoms with Crippen LogP contribution in [0, 0.1) is 0 Å². The van der Waals surface area contributed by atoms with Crippen molar-refractivity contribution in [2.45, 2.75) is 31.8 Å². The molecule has 0 spiro atoms. The number of likely N-dealkylation sites (tertiary alicyclic amines) is 1. The van der Waals surface area contributed by atoms with Gasteiger partial charge in [-0.05, 0) is 69.2 Å². The van der Waals surface area contributed by atoms with Crippen LogP contribution in [-0.4, -0.2) is 30.4 Å². The Bertz CT molecular complexity index is 798. The van der Waals surface area contributed by atoms with E-state index in [4.69, 9.17) is 22.4 Å². The van der Waals surface area contributed by atoms with Crippen LogP contribution in [0.15, 0.2) is 53.5 Å². The maximum atomic E-state index is 6.40. The first-order valence-electron chi connectivity index (χ1n) is 9.65. The van der Waals surface area contributed by atoms with Crippen LogP contribution in [-0.2, 0) is 0 Å². The minimum atomic E-state index is -0.149. The SMILES string of the molecule is NN1C(CCCN2CCCC2)=NC(Nc2ccc(Cl)cc2)c2ccccc21. The third kappa shape index (κ3) is 4.26. The minimum Gasteiger partial charge on any atom is -0.360 e. The second-order valence-electron chi connectivity index (χ2n) is 7.18. The van der Waals surface area contributed by atoms with Gasteiger partial charge in [-0.3, -0.25) is 5.01 Å². The summed E-state index contributed by atoms with van der Waals surface area (Å²) in [5, 5.41) is 5.98. The number of hydrogen-bond acceptors (Lipinski definition) is 5. The van der Waals surface area contributed by atoms with Gasteiger partial charge in [-0.2, -0.15) is 0 Å². The van der Waals surface area contributed by atoms with Crippen LogP contribution in [0.2, 0.25) is 5.02 Å². The first-order valence-corrected chi connectivity index (χ1v) is 10.0. The number of nitrogens with one attached hydrogen (secondary N) is 1. The molecule has 0 aliphatic carbocycles. The van der Waals surface area contributed by atoms with Crippen LogP contribution < -0.4 is 16.2 Å². The zero-order valence-corrected chi connectivity index (χ0v) is 16.2. The number of hydrogen-bond donors (Lipinski definition) is 2. The molecule has 27 heavy (non-hydrogen) atoms. The standard InChI is InChI=1S/C21H26ClN5/c22-16-9-11-17(12-10-16)24-21-18-6-1-2-7-19(18)27(23)20(25-21)8-5-15-26-13-3-4-14-26/h1-2,6-7,9-12,21,24H,3-5,8,13-15,23H2. The predicted octanol–water partition coefficient (Wildman–Crippen LogP) is 4.42. The summed E-state index contributed by atoms with van der Waals surface area (Å²) >= 11 is 6.01. The van der Waals surface area contributed by atoms with Gasteiger partial charge in [-0.25, -0.2) is 10.8 Å². The Hall–Kier alpha value is -2.08. The number of para-hydroxylation sites is 1. The molecule has 2 aromatic carbocycles. The third-order valence-corrected chi connectivity index (χ3v) is 5.52. The summed E-state index contributed by atoms with van der Waals surface area (Å²) in [6.45, 7) is 3.56. The van der Waals surface area contributed by atoms with Crippen molar-refractivity contribution in [1.82, 2.24) is 4.90 Å². The van der Waals surface area contributed by atoms with E-state index < -0.39 is 0 Å². The molecule has 2 heterocycles. The fourth-order valence-corrected chi connectivity index (χ4v) is 3.95. The highest BCUT2D eigenvalue weighted by molar-refractivity contribution is 6.30. The number of hydrazine groups is 1. The average molecular weight is 384 g/mol. The molecule has 1 atom stereocenters. The number of fused-ring (bicyclic) bond motifs is 1. The molecule has 2 aliphatic heterocycles. The fourth-order valence-electron chi connectivity index (χ4n) is 3.82.